The van der Waals surface area contributed by atoms with Crippen LogP contribution in [0, 0.1) is 0 Å². The SMILES string of the molecule is COc1cc2c(c(O)c1C(=O)CCc1ccc(OC3OC(C(=O)O)C(O)C(O)C3O)cc1)C(O)CC(C)(C)O2. The van der Waals surface area contributed by atoms with Gasteiger partial charge in [-0.2, -0.15) is 0 Å². The third kappa shape index (κ3) is 5.80. The number of benzene rings is 2. The fourth-order valence-electron chi connectivity index (χ4n) is 4.78. The molecule has 6 atom stereocenters. The lowest BCUT2D eigenvalue weighted by molar-refractivity contribution is -0.271. The first-order chi connectivity index (χ1) is 18.3. The molecule has 6 unspecified atom stereocenters. The Bertz CT molecular complexity index is 1220. The lowest BCUT2D eigenvalue weighted by atomic mass is 9.88. The van der Waals surface area contributed by atoms with Gasteiger partial charge in [-0.1, -0.05) is 12.1 Å². The van der Waals surface area contributed by atoms with Gasteiger partial charge in [0, 0.05) is 18.9 Å². The Morgan fingerprint density at radius 2 is 1.72 bits per heavy atom. The second-order valence-electron chi connectivity index (χ2n) is 10.2. The Morgan fingerprint density at radius 1 is 1.05 bits per heavy atom. The molecule has 2 heterocycles. The van der Waals surface area contributed by atoms with Crippen molar-refractivity contribution in [2.24, 2.45) is 0 Å². The van der Waals surface area contributed by atoms with Crippen molar-refractivity contribution in [2.45, 2.75) is 75.5 Å². The molecule has 2 aliphatic heterocycles. The van der Waals surface area contributed by atoms with Crippen molar-refractivity contribution in [3.05, 3.63) is 47.0 Å². The number of carboxylic acids is 1. The maximum absolute atomic E-state index is 13.1. The highest BCUT2D eigenvalue weighted by molar-refractivity contribution is 6.02. The molecule has 0 radical (unpaired) electrons. The van der Waals surface area contributed by atoms with E-state index in [4.69, 9.17) is 24.1 Å². The molecule has 0 spiro atoms. The molecular weight excluding hydrogens is 516 g/mol. The molecule has 0 aromatic heterocycles. The summed E-state index contributed by atoms with van der Waals surface area (Å²) in [4.78, 5) is 24.4. The normalized spacial score (nSPS) is 27.7. The summed E-state index contributed by atoms with van der Waals surface area (Å²) in [5.41, 5.74) is 0.165. The molecule has 12 nitrogen and oxygen atoms in total. The number of methoxy groups -OCH3 is 1. The van der Waals surface area contributed by atoms with E-state index < -0.39 is 54.2 Å². The third-order valence-corrected chi connectivity index (χ3v) is 6.80. The largest absolute Gasteiger partial charge is 0.507 e. The van der Waals surface area contributed by atoms with Crippen molar-refractivity contribution in [3.63, 3.8) is 0 Å². The van der Waals surface area contributed by atoms with E-state index in [1.807, 2.05) is 13.8 Å². The summed E-state index contributed by atoms with van der Waals surface area (Å²) in [7, 11) is 1.37. The number of rotatable bonds is 8. The van der Waals surface area contributed by atoms with E-state index in [9.17, 15) is 35.1 Å². The maximum Gasteiger partial charge on any atom is 0.335 e. The molecule has 0 bridgehead atoms. The van der Waals surface area contributed by atoms with Crippen LogP contribution in [0.3, 0.4) is 0 Å². The van der Waals surface area contributed by atoms with Crippen LogP contribution in [0.5, 0.6) is 23.0 Å². The summed E-state index contributed by atoms with van der Waals surface area (Å²) >= 11 is 0. The summed E-state index contributed by atoms with van der Waals surface area (Å²) in [5, 5.41) is 60.5. The summed E-state index contributed by atoms with van der Waals surface area (Å²) in [6.45, 7) is 3.62. The smallest absolute Gasteiger partial charge is 0.335 e. The second kappa shape index (κ2) is 11.0. The van der Waals surface area contributed by atoms with Crippen molar-refractivity contribution in [1.82, 2.24) is 0 Å². The van der Waals surface area contributed by atoms with Crippen LogP contribution in [0.1, 0.15) is 54.3 Å². The van der Waals surface area contributed by atoms with Crippen LogP contribution >= 0.6 is 0 Å². The van der Waals surface area contributed by atoms with Crippen LogP contribution < -0.4 is 14.2 Å². The van der Waals surface area contributed by atoms with Gasteiger partial charge in [0.15, 0.2) is 11.9 Å². The minimum atomic E-state index is -1.83. The van der Waals surface area contributed by atoms with E-state index in [1.54, 1.807) is 12.1 Å². The molecular formula is C27H32O12. The van der Waals surface area contributed by atoms with Gasteiger partial charge in [0.1, 0.15) is 52.5 Å². The number of hydrogen-bond donors (Lipinski definition) is 6. The molecule has 212 valence electrons. The van der Waals surface area contributed by atoms with Gasteiger partial charge >= 0.3 is 5.97 Å². The molecule has 2 aromatic rings. The Kier molecular flexibility index (Phi) is 8.05. The molecule has 1 fully saturated rings. The number of ether oxygens (including phenoxy) is 4. The Labute approximate surface area is 223 Å². The first kappa shape index (κ1) is 28.6. The fraction of sp³-hybridized carbons (Fsp3) is 0.481. The lowest BCUT2D eigenvalue weighted by Crippen LogP contribution is -2.61. The Balaban J connectivity index is 1.44. The van der Waals surface area contributed by atoms with Crippen LogP contribution in [0.4, 0.5) is 0 Å². The van der Waals surface area contributed by atoms with E-state index in [0.717, 1.165) is 5.56 Å². The number of aliphatic carboxylic acids is 1. The van der Waals surface area contributed by atoms with Crippen molar-refractivity contribution in [2.75, 3.05) is 7.11 Å². The van der Waals surface area contributed by atoms with Gasteiger partial charge in [-0.05, 0) is 38.0 Å². The standard InChI is InChI=1S/C27H32O12/c1-27(2)11-15(29)19-17(39-27)10-16(36-3)18(20(19)30)14(28)9-6-12-4-7-13(8-5-12)37-26-23(33)21(31)22(32)24(38-26)25(34)35/h4-5,7-8,10,15,21-24,26,29-33H,6,9,11H2,1-3H3,(H,34,35). The number of aryl methyl sites for hydroxylation is 1. The topological polar surface area (TPSA) is 192 Å². The van der Waals surface area contributed by atoms with E-state index >= 15 is 0 Å². The van der Waals surface area contributed by atoms with Gasteiger partial charge in [0.2, 0.25) is 6.29 Å². The molecule has 0 amide bonds. The average Bonchev–Trinajstić information content (AvgIpc) is 2.86. The number of carbonyl (C=O) groups is 2. The van der Waals surface area contributed by atoms with Gasteiger partial charge in [-0.15, -0.1) is 0 Å². The zero-order chi connectivity index (χ0) is 28.6. The number of phenols is 1. The molecule has 6 N–H and O–H groups in total. The number of fused-ring (bicyclic) bond motifs is 1. The number of ketones is 1. The van der Waals surface area contributed by atoms with Crippen molar-refractivity contribution in [1.29, 1.82) is 0 Å². The number of carboxylic acid groups (broad SMARTS) is 1. The summed E-state index contributed by atoms with van der Waals surface area (Å²) < 4.78 is 21.8. The summed E-state index contributed by atoms with van der Waals surface area (Å²) in [5.74, 6) is -1.73. The number of carbonyl (C=O) groups excluding carboxylic acids is 1. The third-order valence-electron chi connectivity index (χ3n) is 6.80. The summed E-state index contributed by atoms with van der Waals surface area (Å²) in [6, 6.07) is 7.79. The molecule has 0 aliphatic carbocycles. The monoisotopic (exact) mass is 548 g/mol. The minimum absolute atomic E-state index is 0.000177. The van der Waals surface area contributed by atoms with E-state index in [-0.39, 0.29) is 53.4 Å². The molecule has 1 saturated heterocycles. The predicted octanol–water partition coefficient (Wildman–Crippen LogP) is 1.08. The molecule has 4 rings (SSSR count). The number of aliphatic hydroxyl groups is 4. The number of phenolic OH excluding ortho intramolecular Hbond substituents is 1. The molecule has 2 aliphatic rings. The van der Waals surface area contributed by atoms with Crippen molar-refractivity contribution < 1.29 is 59.2 Å². The lowest BCUT2D eigenvalue weighted by Gasteiger charge is -2.38. The van der Waals surface area contributed by atoms with Gasteiger partial charge < -0.3 is 49.6 Å². The van der Waals surface area contributed by atoms with Crippen LogP contribution in [-0.4, -0.2) is 85.8 Å². The maximum atomic E-state index is 13.1. The van der Waals surface area contributed by atoms with Gasteiger partial charge in [0.25, 0.3) is 0 Å². The zero-order valence-electron chi connectivity index (χ0n) is 21.6. The first-order valence-electron chi connectivity index (χ1n) is 12.3. The minimum Gasteiger partial charge on any atom is -0.507 e. The Hall–Kier alpha value is -3.42. The first-order valence-corrected chi connectivity index (χ1v) is 12.3. The molecule has 39 heavy (non-hydrogen) atoms. The average molecular weight is 549 g/mol. The van der Waals surface area contributed by atoms with Crippen LogP contribution in [0.2, 0.25) is 0 Å². The van der Waals surface area contributed by atoms with Crippen LogP contribution in [0.15, 0.2) is 30.3 Å². The van der Waals surface area contributed by atoms with Gasteiger partial charge in [-0.25, -0.2) is 4.79 Å². The van der Waals surface area contributed by atoms with Gasteiger partial charge in [-0.3, -0.25) is 4.79 Å². The van der Waals surface area contributed by atoms with Crippen LogP contribution in [-0.2, 0) is 16.0 Å². The number of aromatic hydroxyl groups is 1. The number of aliphatic hydroxyl groups excluding tert-OH is 4. The second-order valence-corrected chi connectivity index (χ2v) is 10.2. The summed E-state index contributed by atoms with van der Waals surface area (Å²) in [6.07, 6.45) is -9.13. The van der Waals surface area contributed by atoms with E-state index in [0.29, 0.717) is 0 Å². The van der Waals surface area contributed by atoms with Crippen molar-refractivity contribution >= 4 is 11.8 Å². The van der Waals surface area contributed by atoms with Crippen LogP contribution in [0.25, 0.3) is 0 Å². The fourth-order valence-corrected chi connectivity index (χ4v) is 4.78. The molecule has 0 saturated carbocycles. The molecule has 2 aromatic carbocycles. The number of Topliss-reactive ketones (excluding diaryl/α,β-unsaturated/α-hetero) is 1. The Morgan fingerprint density at radius 3 is 2.33 bits per heavy atom. The van der Waals surface area contributed by atoms with Crippen molar-refractivity contribution in [3.8, 4) is 23.0 Å². The molecule has 12 heteroatoms. The highest BCUT2D eigenvalue weighted by Crippen LogP contribution is 2.48. The highest BCUT2D eigenvalue weighted by atomic mass is 16.7. The zero-order valence-corrected chi connectivity index (χ0v) is 21.6. The van der Waals surface area contributed by atoms with E-state index in [1.165, 1.54) is 25.3 Å². The van der Waals surface area contributed by atoms with Gasteiger partial charge in [0.05, 0.1) is 18.8 Å². The number of hydrogen-bond acceptors (Lipinski definition) is 11. The van der Waals surface area contributed by atoms with E-state index in [2.05, 4.69) is 0 Å². The predicted molar refractivity (Wildman–Crippen MR) is 133 cm³/mol. The highest BCUT2D eigenvalue weighted by Gasteiger charge is 2.48. The quantitative estimate of drug-likeness (QED) is 0.258.